The van der Waals surface area contributed by atoms with E-state index in [-0.39, 0.29) is 37.6 Å². The van der Waals surface area contributed by atoms with E-state index in [4.69, 9.17) is 16.0 Å². The minimum Gasteiger partial charge on any atom is -0.495 e. The highest BCUT2D eigenvalue weighted by atomic mass is 127. The molecule has 0 saturated heterocycles. The van der Waals surface area contributed by atoms with E-state index in [0.717, 1.165) is 5.56 Å². The molecule has 12 nitrogen and oxygen atoms in total. The number of nitrogens with one attached hydrogen (secondary N) is 3. The van der Waals surface area contributed by atoms with Gasteiger partial charge < -0.3 is 15.9 Å². The van der Waals surface area contributed by atoms with Crippen molar-refractivity contribution in [1.29, 1.82) is 5.41 Å². The van der Waals surface area contributed by atoms with Crippen molar-refractivity contribution < 1.29 is 22.7 Å². The Hall–Kier alpha value is -4.05. The number of carbonyl (C=O) groups excluding carboxylic acids is 2. The lowest BCUT2D eigenvalue weighted by Gasteiger charge is -2.25. The predicted molar refractivity (Wildman–Crippen MR) is 170 cm³/mol. The van der Waals surface area contributed by atoms with Gasteiger partial charge in [0.2, 0.25) is 5.96 Å². The van der Waals surface area contributed by atoms with Gasteiger partial charge in [-0.2, -0.15) is 0 Å². The average Bonchev–Trinajstić information content (AvgIpc) is 2.95. The van der Waals surface area contributed by atoms with Gasteiger partial charge >= 0.3 is 6.03 Å². The fourth-order valence-electron chi connectivity index (χ4n) is 3.88. The fourth-order valence-corrected chi connectivity index (χ4v) is 5.76. The number of hydrogen-bond acceptors (Lipinski definition) is 7. The standard InChI is InChI=1S/C28H32IN7O5S/c1-28(2,3)20-9-12-22(13-10-20)36(16-18-5-7-19(8-6-18)25(37)33-26(30)34-35-31)27(38)32-21-11-14-23(41-4)24(15-21)42(39,40)17-29/h5-15H,16-17H2,1-4H3,(H,32,38)(H4,30,31,33,34,37). The van der Waals surface area contributed by atoms with Crippen LogP contribution in [0.2, 0.25) is 0 Å². The number of anilines is 2. The summed E-state index contributed by atoms with van der Waals surface area (Å²) in [5, 5.41) is 18.8. The SMILES string of the molecule is COc1ccc(NC(=O)N(Cc2ccc(C(=O)NC(=N)N=NN)cc2)c2ccc(C(C)(C)C)cc2)cc1S(=O)(=O)CI. The molecule has 3 aromatic carbocycles. The highest BCUT2D eigenvalue weighted by Gasteiger charge is 2.22. The first-order chi connectivity index (χ1) is 19.8. The van der Waals surface area contributed by atoms with Gasteiger partial charge in [0.1, 0.15) is 14.4 Å². The Labute approximate surface area is 258 Å². The Balaban J connectivity index is 1.93. The molecule has 0 saturated carbocycles. The minimum atomic E-state index is -3.63. The second-order valence-electron chi connectivity index (χ2n) is 10.1. The van der Waals surface area contributed by atoms with Crippen molar-refractivity contribution in [2.24, 2.45) is 16.2 Å². The third-order valence-electron chi connectivity index (χ3n) is 6.13. The smallest absolute Gasteiger partial charge is 0.326 e. The van der Waals surface area contributed by atoms with Crippen LogP contribution >= 0.6 is 22.6 Å². The molecule has 3 amide bonds. The first-order valence-electron chi connectivity index (χ1n) is 12.5. The van der Waals surface area contributed by atoms with Crippen LogP contribution < -0.4 is 26.1 Å². The van der Waals surface area contributed by atoms with Crippen LogP contribution in [0.4, 0.5) is 16.2 Å². The molecule has 0 aliphatic rings. The second-order valence-corrected chi connectivity index (χ2v) is 13.9. The lowest BCUT2D eigenvalue weighted by atomic mass is 9.87. The van der Waals surface area contributed by atoms with Gasteiger partial charge in [0.15, 0.2) is 9.84 Å². The Morgan fingerprint density at radius 2 is 1.69 bits per heavy atom. The summed E-state index contributed by atoms with van der Waals surface area (Å²) in [5.74, 6) is 4.02. The summed E-state index contributed by atoms with van der Waals surface area (Å²) in [4.78, 5) is 27.5. The molecule has 0 aromatic heterocycles. The number of urea groups is 1. The summed E-state index contributed by atoms with van der Waals surface area (Å²) in [5.41, 5.74) is 2.87. The van der Waals surface area contributed by atoms with E-state index in [1.807, 2.05) is 24.3 Å². The molecule has 3 aromatic rings. The van der Waals surface area contributed by atoms with Crippen LogP contribution in [0, 0.1) is 5.41 Å². The Morgan fingerprint density at radius 3 is 2.24 bits per heavy atom. The zero-order chi connectivity index (χ0) is 31.1. The van der Waals surface area contributed by atoms with Gasteiger partial charge in [0, 0.05) is 16.9 Å². The molecule has 3 rings (SSSR count). The lowest BCUT2D eigenvalue weighted by Crippen LogP contribution is -2.34. The molecule has 0 spiro atoms. The van der Waals surface area contributed by atoms with E-state index < -0.39 is 27.7 Å². The fraction of sp³-hybridized carbons (Fsp3) is 0.250. The topological polar surface area (TPSA) is 179 Å². The molecule has 0 heterocycles. The third-order valence-corrected chi connectivity index (χ3v) is 9.87. The minimum absolute atomic E-state index is 0.0202. The van der Waals surface area contributed by atoms with Crippen LogP contribution in [0.5, 0.6) is 5.75 Å². The number of benzene rings is 3. The van der Waals surface area contributed by atoms with Crippen molar-refractivity contribution in [3.63, 3.8) is 0 Å². The number of nitrogens with two attached hydrogens (primary N) is 1. The van der Waals surface area contributed by atoms with Crippen LogP contribution in [-0.4, -0.2) is 37.2 Å². The third kappa shape index (κ3) is 8.25. The average molecular weight is 706 g/mol. The van der Waals surface area contributed by atoms with Gasteiger partial charge in [0.25, 0.3) is 5.91 Å². The molecule has 5 N–H and O–H groups in total. The number of methoxy groups -OCH3 is 1. The van der Waals surface area contributed by atoms with E-state index in [2.05, 4.69) is 41.7 Å². The van der Waals surface area contributed by atoms with Crippen LogP contribution in [-0.2, 0) is 21.8 Å². The number of ether oxygens (including phenoxy) is 1. The van der Waals surface area contributed by atoms with Gasteiger partial charge in [-0.3, -0.25) is 20.4 Å². The van der Waals surface area contributed by atoms with Crippen LogP contribution in [0.25, 0.3) is 0 Å². The second kappa shape index (κ2) is 13.7. The molecular formula is C28H32IN7O5S. The predicted octanol–water partition coefficient (Wildman–Crippen LogP) is 5.39. The maximum atomic E-state index is 13.7. The van der Waals surface area contributed by atoms with Crippen molar-refractivity contribution in [2.45, 2.75) is 37.6 Å². The summed E-state index contributed by atoms with van der Waals surface area (Å²) >= 11 is 1.77. The molecule has 14 heteroatoms. The van der Waals surface area contributed by atoms with E-state index >= 15 is 0 Å². The molecule has 0 radical (unpaired) electrons. The highest BCUT2D eigenvalue weighted by molar-refractivity contribution is 14.1. The van der Waals surface area contributed by atoms with Gasteiger partial charge in [-0.25, -0.2) is 13.2 Å². The number of rotatable bonds is 8. The van der Waals surface area contributed by atoms with Crippen molar-refractivity contribution in [2.75, 3.05) is 21.1 Å². The first-order valence-corrected chi connectivity index (χ1v) is 15.7. The van der Waals surface area contributed by atoms with Gasteiger partial charge in [0.05, 0.1) is 13.7 Å². The molecule has 42 heavy (non-hydrogen) atoms. The zero-order valence-electron chi connectivity index (χ0n) is 23.5. The number of sulfone groups is 1. The maximum absolute atomic E-state index is 13.7. The normalized spacial score (nSPS) is 11.6. The Morgan fingerprint density at radius 1 is 1.05 bits per heavy atom. The summed E-state index contributed by atoms with van der Waals surface area (Å²) in [6.07, 6.45) is 0. The Kier molecular flexibility index (Phi) is 10.6. The van der Waals surface area contributed by atoms with Gasteiger partial charge in [-0.05, 0) is 59.0 Å². The van der Waals surface area contributed by atoms with Gasteiger partial charge in [-0.15, -0.1) is 0 Å². The number of guanidine groups is 1. The molecule has 0 aliphatic heterocycles. The monoisotopic (exact) mass is 705 g/mol. The van der Waals surface area contributed by atoms with E-state index in [1.165, 1.54) is 24.1 Å². The zero-order valence-corrected chi connectivity index (χ0v) is 26.5. The largest absolute Gasteiger partial charge is 0.495 e. The molecule has 222 valence electrons. The summed E-state index contributed by atoms with van der Waals surface area (Å²) in [7, 11) is -2.25. The molecule has 0 fully saturated rings. The highest BCUT2D eigenvalue weighted by Crippen LogP contribution is 2.30. The molecule has 0 atom stereocenters. The number of halogens is 1. The van der Waals surface area contributed by atoms with Crippen molar-refractivity contribution in [3.8, 4) is 5.75 Å². The van der Waals surface area contributed by atoms with Crippen LogP contribution in [0.15, 0.2) is 82.0 Å². The number of carbonyl (C=O) groups is 2. The number of alkyl halides is 1. The summed E-state index contributed by atoms with van der Waals surface area (Å²) in [6.45, 7) is 6.41. The maximum Gasteiger partial charge on any atom is 0.326 e. The number of amides is 3. The van der Waals surface area contributed by atoms with Crippen LogP contribution in [0.3, 0.4) is 0 Å². The lowest BCUT2D eigenvalue weighted by molar-refractivity contribution is 0.0976. The van der Waals surface area contributed by atoms with Crippen molar-refractivity contribution >= 4 is 61.7 Å². The summed E-state index contributed by atoms with van der Waals surface area (Å²) < 4.78 is 30.3. The van der Waals surface area contributed by atoms with Crippen molar-refractivity contribution in [3.05, 3.63) is 83.4 Å². The van der Waals surface area contributed by atoms with E-state index in [1.54, 1.807) is 52.9 Å². The van der Waals surface area contributed by atoms with Gasteiger partial charge in [-0.1, -0.05) is 78.0 Å². The van der Waals surface area contributed by atoms with E-state index in [9.17, 15) is 18.0 Å². The number of nitrogens with zero attached hydrogens (tertiary/aromatic N) is 3. The van der Waals surface area contributed by atoms with Crippen molar-refractivity contribution in [1.82, 2.24) is 5.32 Å². The number of hydrogen-bond donors (Lipinski definition) is 4. The molecule has 0 unspecified atom stereocenters. The molecule has 0 bridgehead atoms. The summed E-state index contributed by atoms with van der Waals surface area (Å²) in [6, 6.07) is 18.0. The molecular weight excluding hydrogens is 673 g/mol. The Bertz CT molecular complexity index is 1590. The molecule has 0 aliphatic carbocycles. The van der Waals surface area contributed by atoms with E-state index in [0.29, 0.717) is 11.3 Å². The first kappa shape index (κ1) is 32.5. The quantitative estimate of drug-likeness (QED) is 0.0464. The van der Waals surface area contributed by atoms with Crippen LogP contribution in [0.1, 0.15) is 42.3 Å².